The largest absolute Gasteiger partial charge is 0.508 e. The summed E-state index contributed by atoms with van der Waals surface area (Å²) in [6, 6.07) is 76.9. The molecule has 0 aliphatic heterocycles. The van der Waals surface area contributed by atoms with Crippen LogP contribution in [0.25, 0.3) is 43.8 Å². The molecule has 0 heterocycles. The first-order chi connectivity index (χ1) is 33.0. The Morgan fingerprint density at radius 3 is 0.985 bits per heavy atom. The van der Waals surface area contributed by atoms with Crippen LogP contribution in [0.5, 0.6) is 23.0 Å². The van der Waals surface area contributed by atoms with Crippen LogP contribution >= 0.6 is 0 Å². The minimum absolute atomic E-state index is 0.270. The lowest BCUT2D eigenvalue weighted by molar-refractivity contribution is 0.279. The molecule has 4 nitrogen and oxygen atoms in total. The molecule has 0 aromatic heterocycles. The highest BCUT2D eigenvalue weighted by Gasteiger charge is 2.47. The van der Waals surface area contributed by atoms with Crippen molar-refractivity contribution >= 4 is 21.5 Å². The number of hydrogen-bond acceptors (Lipinski definition) is 4. The Hall–Kier alpha value is -8.08. The van der Waals surface area contributed by atoms with Crippen molar-refractivity contribution in [1.82, 2.24) is 0 Å². The molecule has 0 amide bonds. The third-order valence-corrected chi connectivity index (χ3v) is 14.3. The summed E-state index contributed by atoms with van der Waals surface area (Å²) in [6.45, 7) is 1.26. The lowest BCUT2D eigenvalue weighted by Crippen LogP contribution is -2.28. The molecule has 0 bridgehead atoms. The molecule has 324 valence electrons. The molecule has 0 saturated heterocycles. The van der Waals surface area contributed by atoms with Gasteiger partial charge < -0.3 is 19.7 Å². The molecule has 10 aromatic rings. The molecule has 0 unspecified atom stereocenters. The molecule has 12 rings (SSSR count). The number of unbranched alkanes of at least 4 members (excludes halogenated alkanes) is 2. The summed E-state index contributed by atoms with van der Waals surface area (Å²) in [6.07, 6.45) is 2.84. The molecule has 0 atom stereocenters. The summed E-state index contributed by atoms with van der Waals surface area (Å²) in [7, 11) is 0. The van der Waals surface area contributed by atoms with Gasteiger partial charge in [-0.2, -0.15) is 0 Å². The van der Waals surface area contributed by atoms with Gasteiger partial charge in [-0.25, -0.2) is 0 Å². The quantitative estimate of drug-likeness (QED) is 0.120. The van der Waals surface area contributed by atoms with Gasteiger partial charge >= 0.3 is 0 Å². The van der Waals surface area contributed by atoms with Gasteiger partial charge in [-0.05, 0) is 168 Å². The van der Waals surface area contributed by atoms with Crippen LogP contribution in [0.15, 0.2) is 218 Å². The Kier molecular flexibility index (Phi) is 9.91. The molecule has 0 saturated carbocycles. The smallest absolute Gasteiger partial charge is 0.119 e. The first kappa shape index (κ1) is 40.4. The summed E-state index contributed by atoms with van der Waals surface area (Å²) < 4.78 is 12.7. The summed E-state index contributed by atoms with van der Waals surface area (Å²) in [5.41, 5.74) is 13.8. The zero-order chi connectivity index (χ0) is 45.0. The van der Waals surface area contributed by atoms with E-state index in [0.717, 1.165) is 52.3 Å². The van der Waals surface area contributed by atoms with Gasteiger partial charge in [0.1, 0.15) is 23.0 Å². The van der Waals surface area contributed by atoms with Crippen molar-refractivity contribution in [2.45, 2.75) is 30.1 Å². The summed E-state index contributed by atoms with van der Waals surface area (Å²) in [5, 5.41) is 24.6. The van der Waals surface area contributed by atoms with E-state index in [-0.39, 0.29) is 11.5 Å². The van der Waals surface area contributed by atoms with Gasteiger partial charge in [-0.15, -0.1) is 0 Å². The third kappa shape index (κ3) is 6.58. The summed E-state index contributed by atoms with van der Waals surface area (Å²) >= 11 is 0. The van der Waals surface area contributed by atoms with Crippen LogP contribution in [-0.4, -0.2) is 23.4 Å². The molecule has 2 N–H and O–H groups in total. The Balaban J connectivity index is 0.730. The Morgan fingerprint density at radius 1 is 0.299 bits per heavy atom. The predicted octanol–water partition coefficient (Wildman–Crippen LogP) is 14.8. The van der Waals surface area contributed by atoms with Gasteiger partial charge in [0.25, 0.3) is 0 Å². The minimum atomic E-state index is -0.517. The second-order valence-corrected chi connectivity index (χ2v) is 18.0. The molecule has 2 aliphatic rings. The van der Waals surface area contributed by atoms with Crippen molar-refractivity contribution in [3.8, 4) is 45.3 Å². The molecule has 10 aromatic carbocycles. The minimum Gasteiger partial charge on any atom is -0.508 e. The number of phenolic OH excluding ortho intramolecular Hbond substituents is 2. The molecular formula is C63H48O4. The maximum Gasteiger partial charge on any atom is 0.119 e. The van der Waals surface area contributed by atoms with Crippen LogP contribution in [-0.2, 0) is 10.8 Å². The number of phenols is 2. The van der Waals surface area contributed by atoms with Crippen LogP contribution in [0, 0.1) is 0 Å². The summed E-state index contributed by atoms with van der Waals surface area (Å²) in [4.78, 5) is 0. The average molecular weight is 869 g/mol. The fraction of sp³-hybridized carbons (Fsp3) is 0.111. The van der Waals surface area contributed by atoms with E-state index in [9.17, 15) is 10.2 Å². The van der Waals surface area contributed by atoms with Crippen LogP contribution < -0.4 is 9.47 Å². The van der Waals surface area contributed by atoms with E-state index in [1.165, 1.54) is 66.8 Å². The van der Waals surface area contributed by atoms with Crippen molar-refractivity contribution in [1.29, 1.82) is 0 Å². The lowest BCUT2D eigenvalue weighted by atomic mass is 9.67. The Morgan fingerprint density at radius 2 is 0.612 bits per heavy atom. The van der Waals surface area contributed by atoms with E-state index in [2.05, 4.69) is 182 Å². The first-order valence-corrected chi connectivity index (χ1v) is 23.3. The molecule has 67 heavy (non-hydrogen) atoms. The van der Waals surface area contributed by atoms with Crippen molar-refractivity contribution in [3.05, 3.63) is 263 Å². The van der Waals surface area contributed by atoms with Gasteiger partial charge in [0.15, 0.2) is 0 Å². The fourth-order valence-corrected chi connectivity index (χ4v) is 11.3. The second-order valence-electron chi connectivity index (χ2n) is 18.0. The number of rotatable bonds is 12. The highest BCUT2D eigenvalue weighted by Crippen LogP contribution is 2.58. The van der Waals surface area contributed by atoms with E-state index in [1.54, 1.807) is 12.1 Å². The van der Waals surface area contributed by atoms with Gasteiger partial charge in [0.2, 0.25) is 0 Å². The third-order valence-electron chi connectivity index (χ3n) is 14.3. The van der Waals surface area contributed by atoms with Crippen LogP contribution in [0.3, 0.4) is 0 Å². The van der Waals surface area contributed by atoms with Crippen molar-refractivity contribution in [3.63, 3.8) is 0 Å². The Labute approximate surface area is 391 Å². The van der Waals surface area contributed by atoms with Crippen LogP contribution in [0.4, 0.5) is 0 Å². The normalized spacial score (nSPS) is 13.7. The number of hydrogen-bond donors (Lipinski definition) is 2. The van der Waals surface area contributed by atoms with Gasteiger partial charge in [0, 0.05) is 0 Å². The number of aromatic hydroxyl groups is 2. The topological polar surface area (TPSA) is 58.9 Å². The molecule has 4 heteroatoms. The number of fused-ring (bicyclic) bond motifs is 8. The van der Waals surface area contributed by atoms with Crippen LogP contribution in [0.1, 0.15) is 63.8 Å². The van der Waals surface area contributed by atoms with E-state index < -0.39 is 10.8 Å². The molecular weight excluding hydrogens is 821 g/mol. The first-order valence-electron chi connectivity index (χ1n) is 23.3. The molecule has 0 fully saturated rings. The van der Waals surface area contributed by atoms with E-state index in [4.69, 9.17) is 9.47 Å². The summed E-state index contributed by atoms with van der Waals surface area (Å²) in [5.74, 6) is 2.26. The SMILES string of the molecule is Oc1ccc2cc(C3(c4ccc(OCCCCCOc5ccc(C6(c7ccc8cc(O)ccc8c7)c7ccccc7-c7ccccc76)cc5)cc4)c4ccccc4-c4ccccc43)ccc2c1. The van der Waals surface area contributed by atoms with E-state index >= 15 is 0 Å². The monoisotopic (exact) mass is 868 g/mol. The maximum atomic E-state index is 10.2. The van der Waals surface area contributed by atoms with Crippen molar-refractivity contribution in [2.24, 2.45) is 0 Å². The van der Waals surface area contributed by atoms with Gasteiger partial charge in [-0.3, -0.25) is 0 Å². The van der Waals surface area contributed by atoms with Crippen molar-refractivity contribution in [2.75, 3.05) is 13.2 Å². The average Bonchev–Trinajstić information content (AvgIpc) is 3.85. The lowest BCUT2D eigenvalue weighted by Gasteiger charge is -2.34. The zero-order valence-electron chi connectivity index (χ0n) is 37.0. The molecule has 2 aliphatic carbocycles. The second kappa shape index (κ2) is 16.4. The fourth-order valence-electron chi connectivity index (χ4n) is 11.3. The highest BCUT2D eigenvalue weighted by atomic mass is 16.5. The number of ether oxygens (including phenoxy) is 2. The van der Waals surface area contributed by atoms with Gasteiger partial charge in [0.05, 0.1) is 24.0 Å². The Bertz CT molecular complexity index is 3150. The number of benzene rings is 10. The maximum absolute atomic E-state index is 10.2. The predicted molar refractivity (Wildman–Crippen MR) is 271 cm³/mol. The van der Waals surface area contributed by atoms with Gasteiger partial charge in [-0.1, -0.05) is 158 Å². The van der Waals surface area contributed by atoms with Crippen LogP contribution in [0.2, 0.25) is 0 Å². The molecule has 0 radical (unpaired) electrons. The zero-order valence-corrected chi connectivity index (χ0v) is 37.0. The standard InChI is InChI=1S/C63H48O4/c64-50-30-22-42-38-48(24-20-44(42)40-50)62(58-16-6-2-12-54(58)55-13-3-7-17-59(55)62)46-26-32-52(33-27-46)66-36-10-1-11-37-67-53-34-28-47(29-35-53)63(49-25-21-45-41-51(65)31-23-43(45)39-49)60-18-8-4-14-56(60)57-15-5-9-19-61(57)63/h2-9,12-35,38-41,64-65H,1,10-11,36-37H2. The van der Waals surface area contributed by atoms with E-state index in [0.29, 0.717) is 13.2 Å². The highest BCUT2D eigenvalue weighted by molar-refractivity contribution is 5.92. The van der Waals surface area contributed by atoms with E-state index in [1.807, 2.05) is 24.3 Å². The van der Waals surface area contributed by atoms with Crippen molar-refractivity contribution < 1.29 is 19.7 Å². The molecule has 0 spiro atoms.